The number of hydrogen-bond donors (Lipinski definition) is 1. The molecular formula is C31H29N3O. The average molecular weight is 460 g/mol. The number of nitrogens with one attached hydrogen (secondary N) is 1. The lowest BCUT2D eigenvalue weighted by molar-refractivity contribution is -0.116. The minimum Gasteiger partial charge on any atom is -0.329 e. The average Bonchev–Trinajstić information content (AvgIpc) is 3.25. The van der Waals surface area contributed by atoms with E-state index < -0.39 is 0 Å². The molecule has 2 heterocycles. The van der Waals surface area contributed by atoms with E-state index in [1.54, 1.807) is 0 Å². The molecule has 4 aromatic rings. The van der Waals surface area contributed by atoms with E-state index in [0.717, 1.165) is 40.2 Å². The number of carbonyl (C=O) groups is 1. The lowest BCUT2D eigenvalue weighted by atomic mass is 9.78. The van der Waals surface area contributed by atoms with Crippen LogP contribution in [0.5, 0.6) is 0 Å². The maximum absolute atomic E-state index is 13.7. The van der Waals surface area contributed by atoms with Gasteiger partial charge < -0.3 is 5.32 Å². The van der Waals surface area contributed by atoms with Crippen molar-refractivity contribution in [1.82, 2.24) is 9.55 Å². The predicted molar refractivity (Wildman–Crippen MR) is 142 cm³/mol. The van der Waals surface area contributed by atoms with Crippen molar-refractivity contribution in [2.75, 3.05) is 5.32 Å². The number of nitrogens with zero attached hydrogens (tertiary/aromatic N) is 2. The smallest absolute Gasteiger partial charge is 0.209 e. The molecule has 0 bridgehead atoms. The molecule has 0 radical (unpaired) electrons. The normalized spacial score (nSPS) is 19.8. The summed E-state index contributed by atoms with van der Waals surface area (Å²) in [6, 6.07) is 27.0. The van der Waals surface area contributed by atoms with Gasteiger partial charge in [-0.15, -0.1) is 0 Å². The molecule has 4 nitrogen and oxygen atoms in total. The number of rotatable bonds is 4. The fourth-order valence-corrected chi connectivity index (χ4v) is 5.41. The largest absolute Gasteiger partial charge is 0.329 e. The first kappa shape index (κ1) is 21.6. The molecule has 1 N–H and O–H groups in total. The Balaban J connectivity index is 1.42. The van der Waals surface area contributed by atoms with E-state index >= 15 is 0 Å². The van der Waals surface area contributed by atoms with Crippen LogP contribution >= 0.6 is 0 Å². The molecule has 0 amide bonds. The third-order valence-electron chi connectivity index (χ3n) is 7.29. The minimum absolute atomic E-state index is 0.171. The van der Waals surface area contributed by atoms with E-state index in [0.29, 0.717) is 12.3 Å². The standard InChI is InChI=1S/C31H29N3O/c1-20(2)22-13-15-23(16-14-22)24-18-26-30(29(35)19-24)28(17-12-21-8-4-3-5-9-21)34-27-11-7-6-10-25(27)32-31(34)33-26/h3-17,20,24,28H,18-19H2,1-2H3,(H,32,33)/b17-12+. The molecular weight excluding hydrogens is 430 g/mol. The van der Waals surface area contributed by atoms with Crippen molar-refractivity contribution in [3.63, 3.8) is 0 Å². The quantitative estimate of drug-likeness (QED) is 0.350. The molecule has 2 aliphatic rings. The fraction of sp³-hybridized carbons (Fsp3) is 0.226. The summed E-state index contributed by atoms with van der Waals surface area (Å²) in [7, 11) is 0. The highest BCUT2D eigenvalue weighted by molar-refractivity contribution is 6.01. The van der Waals surface area contributed by atoms with Crippen LogP contribution in [-0.4, -0.2) is 15.3 Å². The summed E-state index contributed by atoms with van der Waals surface area (Å²) in [5.74, 6) is 1.68. The molecule has 3 aromatic carbocycles. The number of aromatic nitrogens is 2. The van der Waals surface area contributed by atoms with E-state index in [1.165, 1.54) is 11.1 Å². The number of hydrogen-bond acceptors (Lipinski definition) is 3. The molecule has 4 heteroatoms. The number of carbonyl (C=O) groups excluding carboxylic acids is 1. The van der Waals surface area contributed by atoms with Crippen molar-refractivity contribution in [3.05, 3.63) is 113 Å². The van der Waals surface area contributed by atoms with Gasteiger partial charge in [0.05, 0.1) is 17.1 Å². The summed E-state index contributed by atoms with van der Waals surface area (Å²) < 4.78 is 2.17. The van der Waals surface area contributed by atoms with Crippen LogP contribution in [0.4, 0.5) is 5.95 Å². The van der Waals surface area contributed by atoms with Gasteiger partial charge in [0.25, 0.3) is 0 Å². The van der Waals surface area contributed by atoms with Crippen LogP contribution in [0.3, 0.4) is 0 Å². The summed E-state index contributed by atoms with van der Waals surface area (Å²) in [4.78, 5) is 18.6. The molecule has 0 saturated carbocycles. The topological polar surface area (TPSA) is 46.9 Å². The Hall–Kier alpha value is -3.92. The Kier molecular flexibility index (Phi) is 5.37. The summed E-state index contributed by atoms with van der Waals surface area (Å²) in [5.41, 5.74) is 7.50. The van der Waals surface area contributed by atoms with Crippen LogP contribution in [0.2, 0.25) is 0 Å². The van der Waals surface area contributed by atoms with Crippen LogP contribution in [-0.2, 0) is 4.79 Å². The number of ketones is 1. The Morgan fingerprint density at radius 3 is 2.46 bits per heavy atom. The SMILES string of the molecule is CC(C)c1ccc(C2CC(=O)C3=C(C2)Nc2nc4ccccc4n2C3/C=C/c2ccccc2)cc1. The maximum Gasteiger partial charge on any atom is 0.209 e. The number of imidazole rings is 1. The van der Waals surface area contributed by atoms with Crippen molar-refractivity contribution in [3.8, 4) is 0 Å². The van der Waals surface area contributed by atoms with Gasteiger partial charge in [-0.2, -0.15) is 0 Å². The fourth-order valence-electron chi connectivity index (χ4n) is 5.41. The Bertz CT molecular complexity index is 1460. The van der Waals surface area contributed by atoms with E-state index in [-0.39, 0.29) is 17.7 Å². The minimum atomic E-state index is -0.189. The van der Waals surface area contributed by atoms with Crippen molar-refractivity contribution in [2.24, 2.45) is 0 Å². The summed E-state index contributed by atoms with van der Waals surface area (Å²) >= 11 is 0. The third kappa shape index (κ3) is 3.89. The lowest BCUT2D eigenvalue weighted by Gasteiger charge is -2.35. The van der Waals surface area contributed by atoms with Crippen LogP contribution < -0.4 is 5.32 Å². The number of anilines is 1. The highest BCUT2D eigenvalue weighted by Gasteiger charge is 2.37. The third-order valence-corrected chi connectivity index (χ3v) is 7.29. The van der Waals surface area contributed by atoms with Gasteiger partial charge in [-0.1, -0.05) is 92.7 Å². The first-order valence-electron chi connectivity index (χ1n) is 12.4. The Morgan fingerprint density at radius 2 is 1.69 bits per heavy atom. The van der Waals surface area contributed by atoms with E-state index in [2.05, 4.69) is 78.3 Å². The molecule has 174 valence electrons. The van der Waals surface area contributed by atoms with Crippen molar-refractivity contribution in [2.45, 2.75) is 44.6 Å². The molecule has 0 fully saturated rings. The Morgan fingerprint density at radius 1 is 0.943 bits per heavy atom. The summed E-state index contributed by atoms with van der Waals surface area (Å²) in [6.07, 6.45) is 5.60. The van der Waals surface area contributed by atoms with Crippen LogP contribution in [0.1, 0.15) is 61.3 Å². The monoisotopic (exact) mass is 459 g/mol. The molecule has 2 atom stereocenters. The van der Waals surface area contributed by atoms with Gasteiger partial charge in [-0.25, -0.2) is 4.98 Å². The second kappa shape index (κ2) is 8.70. The van der Waals surface area contributed by atoms with Gasteiger partial charge in [-0.3, -0.25) is 9.36 Å². The van der Waals surface area contributed by atoms with Crippen molar-refractivity contribution >= 4 is 28.8 Å². The molecule has 0 spiro atoms. The van der Waals surface area contributed by atoms with Gasteiger partial charge in [-0.05, 0) is 47.1 Å². The van der Waals surface area contributed by atoms with E-state index in [1.807, 2.05) is 36.4 Å². The second-order valence-electron chi connectivity index (χ2n) is 9.88. The zero-order valence-electron chi connectivity index (χ0n) is 20.1. The van der Waals surface area contributed by atoms with Gasteiger partial charge in [0.15, 0.2) is 5.78 Å². The molecule has 1 aromatic heterocycles. The highest BCUT2D eigenvalue weighted by atomic mass is 16.1. The number of fused-ring (bicyclic) bond motifs is 3. The van der Waals surface area contributed by atoms with Gasteiger partial charge in [0.2, 0.25) is 5.95 Å². The molecule has 2 unspecified atom stereocenters. The number of allylic oxidation sites excluding steroid dienone is 3. The first-order valence-corrected chi connectivity index (χ1v) is 12.4. The molecule has 1 aliphatic heterocycles. The second-order valence-corrected chi connectivity index (χ2v) is 9.88. The summed E-state index contributed by atoms with van der Waals surface area (Å²) in [5, 5.41) is 3.55. The first-order chi connectivity index (χ1) is 17.1. The molecule has 35 heavy (non-hydrogen) atoms. The van der Waals surface area contributed by atoms with Crippen LogP contribution in [0.25, 0.3) is 17.1 Å². The van der Waals surface area contributed by atoms with Gasteiger partial charge >= 0.3 is 0 Å². The van der Waals surface area contributed by atoms with Crippen LogP contribution in [0.15, 0.2) is 96.2 Å². The Labute approximate surface area is 206 Å². The van der Waals surface area contributed by atoms with E-state index in [4.69, 9.17) is 4.98 Å². The van der Waals surface area contributed by atoms with Gasteiger partial charge in [0, 0.05) is 17.7 Å². The highest BCUT2D eigenvalue weighted by Crippen LogP contribution is 2.44. The summed E-state index contributed by atoms with van der Waals surface area (Å²) in [6.45, 7) is 4.41. The number of Topliss-reactive ketones (excluding diaryl/α,β-unsaturated/α-hetero) is 1. The molecule has 6 rings (SSSR count). The zero-order chi connectivity index (χ0) is 23.9. The molecule has 0 saturated heterocycles. The van der Waals surface area contributed by atoms with E-state index in [9.17, 15) is 4.79 Å². The number of benzene rings is 3. The number of para-hydroxylation sites is 2. The van der Waals surface area contributed by atoms with Crippen LogP contribution in [0, 0.1) is 0 Å². The maximum atomic E-state index is 13.7. The van der Waals surface area contributed by atoms with Gasteiger partial charge in [0.1, 0.15) is 0 Å². The van der Waals surface area contributed by atoms with Crippen molar-refractivity contribution in [1.29, 1.82) is 0 Å². The zero-order valence-corrected chi connectivity index (χ0v) is 20.1. The lowest BCUT2D eigenvalue weighted by Crippen LogP contribution is -2.31. The van der Waals surface area contributed by atoms with Crippen molar-refractivity contribution < 1.29 is 4.79 Å². The molecule has 1 aliphatic carbocycles. The predicted octanol–water partition coefficient (Wildman–Crippen LogP) is 7.24.